The summed E-state index contributed by atoms with van der Waals surface area (Å²) in [6, 6.07) is 10.4. The molecule has 6 heteroatoms. The smallest absolute Gasteiger partial charge is 0.309 e. The Balaban J connectivity index is 1.60. The van der Waals surface area contributed by atoms with Gasteiger partial charge in [0.05, 0.1) is 11.5 Å². The first-order chi connectivity index (χ1) is 12.9. The zero-order chi connectivity index (χ0) is 19.4. The predicted octanol–water partition coefficient (Wildman–Crippen LogP) is 1.94. The van der Waals surface area contributed by atoms with E-state index >= 15 is 0 Å². The molecular weight excluding hydrogens is 344 g/mol. The molecule has 0 radical (unpaired) electrons. The summed E-state index contributed by atoms with van der Waals surface area (Å²) in [5.74, 6) is -1.10. The summed E-state index contributed by atoms with van der Waals surface area (Å²) in [4.78, 5) is 26.9. The molecule has 148 valence electrons. The van der Waals surface area contributed by atoms with E-state index in [0.717, 1.165) is 25.7 Å². The van der Waals surface area contributed by atoms with E-state index in [1.807, 2.05) is 11.0 Å². The Labute approximate surface area is 160 Å². The molecule has 0 aromatic heterocycles. The molecule has 2 fully saturated rings. The number of hydrogen-bond acceptors (Lipinski definition) is 4. The van der Waals surface area contributed by atoms with Gasteiger partial charge in [0, 0.05) is 39.6 Å². The molecular formula is C21H30N2O4. The van der Waals surface area contributed by atoms with Gasteiger partial charge in [-0.15, -0.1) is 0 Å². The number of hydrogen-bond donors (Lipinski definition) is 2. The van der Waals surface area contributed by atoms with E-state index in [1.54, 1.807) is 4.90 Å². The maximum Gasteiger partial charge on any atom is 0.309 e. The van der Waals surface area contributed by atoms with Crippen LogP contribution in [0.3, 0.4) is 0 Å². The molecule has 1 saturated heterocycles. The van der Waals surface area contributed by atoms with E-state index in [0.29, 0.717) is 32.1 Å². The van der Waals surface area contributed by atoms with Crippen LogP contribution in [0.4, 0.5) is 0 Å². The second-order valence-corrected chi connectivity index (χ2v) is 8.14. The minimum Gasteiger partial charge on any atom is -0.481 e. The molecule has 1 saturated carbocycles. The van der Waals surface area contributed by atoms with E-state index in [9.17, 15) is 19.8 Å². The van der Waals surface area contributed by atoms with Crippen LogP contribution in [-0.4, -0.2) is 70.2 Å². The maximum absolute atomic E-state index is 11.7. The third-order valence-electron chi connectivity index (χ3n) is 6.11. The van der Waals surface area contributed by atoms with Crippen molar-refractivity contribution < 1.29 is 19.8 Å². The molecule has 1 unspecified atom stereocenters. The number of carbonyl (C=O) groups excluding carboxylic acids is 1. The zero-order valence-electron chi connectivity index (χ0n) is 16.0. The highest BCUT2D eigenvalue weighted by atomic mass is 16.4. The SMILES string of the molecule is CC(=O)N1CCN(CC2(O)CCC(c3ccccc3)CC2)CC(C(=O)O)C1. The monoisotopic (exact) mass is 374 g/mol. The second kappa shape index (κ2) is 8.40. The van der Waals surface area contributed by atoms with Gasteiger partial charge in [0.25, 0.3) is 0 Å². The van der Waals surface area contributed by atoms with Crippen LogP contribution in [0.1, 0.15) is 44.1 Å². The van der Waals surface area contributed by atoms with Crippen LogP contribution in [0.2, 0.25) is 0 Å². The van der Waals surface area contributed by atoms with Gasteiger partial charge in [-0.2, -0.15) is 0 Å². The molecule has 1 heterocycles. The Morgan fingerprint density at radius 1 is 1.11 bits per heavy atom. The number of aliphatic carboxylic acids is 1. The molecule has 6 nitrogen and oxygen atoms in total. The summed E-state index contributed by atoms with van der Waals surface area (Å²) >= 11 is 0. The van der Waals surface area contributed by atoms with Gasteiger partial charge in [0.1, 0.15) is 0 Å². The minimum atomic E-state index is -0.882. The molecule has 1 aromatic rings. The summed E-state index contributed by atoms with van der Waals surface area (Å²) < 4.78 is 0. The summed E-state index contributed by atoms with van der Waals surface area (Å²) in [7, 11) is 0. The molecule has 3 rings (SSSR count). The second-order valence-electron chi connectivity index (χ2n) is 8.14. The van der Waals surface area contributed by atoms with Gasteiger partial charge in [-0.3, -0.25) is 14.5 Å². The lowest BCUT2D eigenvalue weighted by Gasteiger charge is -2.39. The molecule has 0 bridgehead atoms. The van der Waals surface area contributed by atoms with Crippen molar-refractivity contribution in [3.05, 3.63) is 35.9 Å². The molecule has 2 aliphatic rings. The highest BCUT2D eigenvalue weighted by molar-refractivity contribution is 5.75. The Morgan fingerprint density at radius 2 is 1.78 bits per heavy atom. The molecule has 1 aliphatic heterocycles. The Bertz CT molecular complexity index is 655. The number of benzene rings is 1. The van der Waals surface area contributed by atoms with Crippen molar-refractivity contribution in [2.45, 2.75) is 44.1 Å². The number of carbonyl (C=O) groups is 2. The third kappa shape index (κ3) is 5.08. The van der Waals surface area contributed by atoms with E-state index in [2.05, 4.69) is 24.3 Å². The average Bonchev–Trinajstić information content (AvgIpc) is 2.86. The van der Waals surface area contributed by atoms with Crippen LogP contribution in [0, 0.1) is 5.92 Å². The number of nitrogens with zero attached hydrogens (tertiary/aromatic N) is 2. The summed E-state index contributed by atoms with van der Waals surface area (Å²) in [5, 5.41) is 20.6. The fraction of sp³-hybridized carbons (Fsp3) is 0.619. The van der Waals surface area contributed by atoms with E-state index in [4.69, 9.17) is 0 Å². The Kier molecular flexibility index (Phi) is 6.17. The van der Waals surface area contributed by atoms with Crippen LogP contribution in [0.25, 0.3) is 0 Å². The fourth-order valence-corrected chi connectivity index (χ4v) is 4.45. The topological polar surface area (TPSA) is 81.1 Å². The number of rotatable bonds is 4. The number of β-amino-alcohol motifs (C(OH)–C–C–N with tert-alkyl or cyclic N) is 1. The van der Waals surface area contributed by atoms with E-state index in [-0.39, 0.29) is 12.5 Å². The molecule has 1 aliphatic carbocycles. The van der Waals surface area contributed by atoms with Crippen LogP contribution >= 0.6 is 0 Å². The summed E-state index contributed by atoms with van der Waals surface area (Å²) in [5.41, 5.74) is 0.553. The van der Waals surface area contributed by atoms with Crippen LogP contribution in [0.15, 0.2) is 30.3 Å². The molecule has 2 N–H and O–H groups in total. The number of amides is 1. The van der Waals surface area contributed by atoms with Gasteiger partial charge >= 0.3 is 5.97 Å². The number of aliphatic hydroxyl groups is 1. The highest BCUT2D eigenvalue weighted by Crippen LogP contribution is 2.38. The van der Waals surface area contributed by atoms with Gasteiger partial charge in [-0.05, 0) is 37.2 Å². The van der Waals surface area contributed by atoms with Crippen molar-refractivity contribution in [2.24, 2.45) is 5.92 Å². The first kappa shape index (κ1) is 19.8. The number of carboxylic acid groups (broad SMARTS) is 1. The van der Waals surface area contributed by atoms with Crippen LogP contribution in [0.5, 0.6) is 0 Å². The van der Waals surface area contributed by atoms with Crippen molar-refractivity contribution in [3.8, 4) is 0 Å². The minimum absolute atomic E-state index is 0.0924. The maximum atomic E-state index is 11.7. The first-order valence-corrected chi connectivity index (χ1v) is 9.84. The first-order valence-electron chi connectivity index (χ1n) is 9.84. The standard InChI is InChI=1S/C21H30N2O4/c1-16(24)23-12-11-22(13-19(14-23)20(25)26)15-21(27)9-7-18(8-10-21)17-5-3-2-4-6-17/h2-6,18-19,27H,7-15H2,1H3,(H,25,26). The van der Waals surface area contributed by atoms with Gasteiger partial charge < -0.3 is 15.1 Å². The molecule has 27 heavy (non-hydrogen) atoms. The van der Waals surface area contributed by atoms with Gasteiger partial charge in [0.2, 0.25) is 5.91 Å². The van der Waals surface area contributed by atoms with Gasteiger partial charge in [-0.25, -0.2) is 0 Å². The van der Waals surface area contributed by atoms with Crippen LogP contribution < -0.4 is 0 Å². The lowest BCUT2D eigenvalue weighted by atomic mass is 9.76. The van der Waals surface area contributed by atoms with Crippen molar-refractivity contribution in [1.29, 1.82) is 0 Å². The van der Waals surface area contributed by atoms with Gasteiger partial charge in [0.15, 0.2) is 0 Å². The fourth-order valence-electron chi connectivity index (χ4n) is 4.45. The molecule has 1 amide bonds. The molecule has 1 atom stereocenters. The van der Waals surface area contributed by atoms with Crippen molar-refractivity contribution >= 4 is 11.9 Å². The van der Waals surface area contributed by atoms with E-state index in [1.165, 1.54) is 12.5 Å². The van der Waals surface area contributed by atoms with Crippen LogP contribution in [-0.2, 0) is 9.59 Å². The summed E-state index contributed by atoms with van der Waals surface area (Å²) in [6.07, 6.45) is 3.32. The quantitative estimate of drug-likeness (QED) is 0.842. The van der Waals surface area contributed by atoms with E-state index < -0.39 is 17.5 Å². The van der Waals surface area contributed by atoms with Crippen molar-refractivity contribution in [2.75, 3.05) is 32.7 Å². The average molecular weight is 374 g/mol. The normalized spacial score (nSPS) is 29.9. The van der Waals surface area contributed by atoms with Gasteiger partial charge in [-0.1, -0.05) is 30.3 Å². The van der Waals surface area contributed by atoms with Crippen molar-refractivity contribution in [1.82, 2.24) is 9.80 Å². The predicted molar refractivity (Wildman–Crippen MR) is 102 cm³/mol. The zero-order valence-corrected chi connectivity index (χ0v) is 16.0. The largest absolute Gasteiger partial charge is 0.481 e. The lowest BCUT2D eigenvalue weighted by molar-refractivity contribution is -0.143. The van der Waals surface area contributed by atoms with Crippen molar-refractivity contribution in [3.63, 3.8) is 0 Å². The molecule has 1 aromatic carbocycles. The Hall–Kier alpha value is -1.92. The highest BCUT2D eigenvalue weighted by Gasteiger charge is 2.37. The molecule has 0 spiro atoms. The number of carboxylic acids is 1. The Morgan fingerprint density at radius 3 is 2.37 bits per heavy atom. The summed E-state index contributed by atoms with van der Waals surface area (Å²) in [6.45, 7) is 3.70. The lowest BCUT2D eigenvalue weighted by Crippen LogP contribution is -2.47. The third-order valence-corrected chi connectivity index (χ3v) is 6.11.